The summed E-state index contributed by atoms with van der Waals surface area (Å²) < 4.78 is 11.0. The van der Waals surface area contributed by atoms with Crippen molar-refractivity contribution in [3.05, 3.63) is 0 Å². The molecule has 2 rings (SSSR count). The van der Waals surface area contributed by atoms with Crippen LogP contribution in [0.5, 0.6) is 0 Å². The maximum atomic E-state index is 9.23. The monoisotopic (exact) mass is 326 g/mol. The van der Waals surface area contributed by atoms with Gasteiger partial charge in [-0.25, -0.2) is 9.98 Å². The van der Waals surface area contributed by atoms with E-state index in [4.69, 9.17) is 9.47 Å². The summed E-state index contributed by atoms with van der Waals surface area (Å²) in [7, 11) is 0. The van der Waals surface area contributed by atoms with Crippen molar-refractivity contribution in [3.63, 3.8) is 0 Å². The van der Waals surface area contributed by atoms with Crippen LogP contribution in [-0.4, -0.2) is 59.5 Å². The Morgan fingerprint density at radius 3 is 1.52 bits per heavy atom. The second kappa shape index (κ2) is 8.11. The molecule has 2 aliphatic rings. The standard InChI is InChI=1S/C17H30N2O4/c1-16(10-20)12-22-14(18-16)8-6-4-3-5-7-9-15-19-17(2,11-21)13-23-15/h20-21H,3-13H2,1-2H3. The maximum Gasteiger partial charge on any atom is 0.184 e. The molecule has 0 saturated carbocycles. The largest absolute Gasteiger partial charge is 0.478 e. The Morgan fingerprint density at radius 1 is 0.783 bits per heavy atom. The SMILES string of the molecule is CC1(CO)COC(CCCCCCCC2=NC(C)(CO)CO2)=N1. The number of aliphatic hydroxyl groups is 2. The van der Waals surface area contributed by atoms with Crippen molar-refractivity contribution < 1.29 is 19.7 Å². The van der Waals surface area contributed by atoms with Gasteiger partial charge in [-0.15, -0.1) is 0 Å². The second-order valence-electron chi connectivity index (χ2n) is 7.17. The molecule has 0 radical (unpaired) electrons. The lowest BCUT2D eigenvalue weighted by Crippen LogP contribution is -2.28. The van der Waals surface area contributed by atoms with Crippen molar-refractivity contribution in [2.45, 2.75) is 69.9 Å². The maximum absolute atomic E-state index is 9.23. The van der Waals surface area contributed by atoms with Gasteiger partial charge in [0.25, 0.3) is 0 Å². The number of rotatable bonds is 10. The molecule has 2 atom stereocenters. The molecular formula is C17H30N2O4. The van der Waals surface area contributed by atoms with Crippen LogP contribution in [0.25, 0.3) is 0 Å². The minimum absolute atomic E-state index is 0.0395. The van der Waals surface area contributed by atoms with Gasteiger partial charge in [-0.3, -0.25) is 0 Å². The third kappa shape index (κ3) is 5.46. The molecule has 2 unspecified atom stereocenters. The number of hydrogen-bond donors (Lipinski definition) is 2. The first-order valence-electron chi connectivity index (χ1n) is 8.63. The highest BCUT2D eigenvalue weighted by Crippen LogP contribution is 2.21. The highest BCUT2D eigenvalue weighted by Gasteiger charge is 2.31. The van der Waals surface area contributed by atoms with Crippen LogP contribution in [0.3, 0.4) is 0 Å². The van der Waals surface area contributed by atoms with E-state index in [0.717, 1.165) is 50.3 Å². The molecule has 0 fully saturated rings. The molecule has 0 aromatic carbocycles. The van der Waals surface area contributed by atoms with Crippen molar-refractivity contribution in [2.24, 2.45) is 9.98 Å². The average Bonchev–Trinajstić information content (AvgIpc) is 3.11. The Bertz CT molecular complexity index is 412. The second-order valence-corrected chi connectivity index (χ2v) is 7.17. The number of aliphatic hydroxyl groups excluding tert-OH is 2. The van der Waals surface area contributed by atoms with Crippen molar-refractivity contribution in [3.8, 4) is 0 Å². The summed E-state index contributed by atoms with van der Waals surface area (Å²) in [5, 5.41) is 18.5. The molecule has 0 amide bonds. The first-order chi connectivity index (χ1) is 11.0. The van der Waals surface area contributed by atoms with Gasteiger partial charge in [-0.05, 0) is 26.7 Å². The van der Waals surface area contributed by atoms with Crippen LogP contribution >= 0.6 is 0 Å². The van der Waals surface area contributed by atoms with E-state index in [1.54, 1.807) is 0 Å². The summed E-state index contributed by atoms with van der Waals surface area (Å²) in [5.74, 6) is 1.58. The molecule has 2 N–H and O–H groups in total. The Hall–Kier alpha value is -1.14. The summed E-state index contributed by atoms with van der Waals surface area (Å²) >= 11 is 0. The van der Waals surface area contributed by atoms with Crippen LogP contribution in [-0.2, 0) is 9.47 Å². The van der Waals surface area contributed by atoms with Gasteiger partial charge >= 0.3 is 0 Å². The molecule has 0 saturated heterocycles. The molecule has 0 spiro atoms. The van der Waals surface area contributed by atoms with E-state index in [2.05, 4.69) is 9.98 Å². The first kappa shape index (κ1) is 18.2. The third-order valence-electron chi connectivity index (χ3n) is 4.35. The fourth-order valence-electron chi connectivity index (χ4n) is 2.71. The van der Waals surface area contributed by atoms with Gasteiger partial charge in [0.15, 0.2) is 11.8 Å². The zero-order valence-electron chi connectivity index (χ0n) is 14.4. The highest BCUT2D eigenvalue weighted by atomic mass is 16.5. The molecule has 0 aromatic heterocycles. The Balaban J connectivity index is 1.51. The summed E-state index contributed by atoms with van der Waals surface area (Å²) in [6.45, 7) is 4.89. The lowest BCUT2D eigenvalue weighted by atomic mass is 10.1. The molecule has 0 bridgehead atoms. The summed E-state index contributed by atoms with van der Waals surface area (Å²) in [5.41, 5.74) is -0.860. The van der Waals surface area contributed by atoms with Crippen LogP contribution in [0.1, 0.15) is 58.8 Å². The minimum Gasteiger partial charge on any atom is -0.478 e. The van der Waals surface area contributed by atoms with Crippen molar-refractivity contribution in [2.75, 3.05) is 26.4 Å². The fraction of sp³-hybridized carbons (Fsp3) is 0.882. The van der Waals surface area contributed by atoms with Crippen LogP contribution in [0, 0.1) is 0 Å². The molecular weight excluding hydrogens is 296 g/mol. The molecule has 2 aliphatic heterocycles. The van der Waals surface area contributed by atoms with Gasteiger partial charge in [-0.1, -0.05) is 19.3 Å². The number of nitrogens with zero attached hydrogens (tertiary/aromatic N) is 2. The van der Waals surface area contributed by atoms with E-state index in [9.17, 15) is 10.2 Å². The zero-order chi connectivity index (χ0) is 16.8. The van der Waals surface area contributed by atoms with Gasteiger partial charge in [0.05, 0.1) is 13.2 Å². The fourth-order valence-corrected chi connectivity index (χ4v) is 2.71. The van der Waals surface area contributed by atoms with Gasteiger partial charge in [0.1, 0.15) is 24.3 Å². The smallest absolute Gasteiger partial charge is 0.184 e. The predicted octanol–water partition coefficient (Wildman–Crippen LogP) is 2.08. The van der Waals surface area contributed by atoms with Crippen molar-refractivity contribution in [1.82, 2.24) is 0 Å². The molecule has 2 heterocycles. The molecule has 0 aliphatic carbocycles. The van der Waals surface area contributed by atoms with Gasteiger partial charge in [0.2, 0.25) is 0 Å². The normalized spacial score (nSPS) is 29.9. The average molecular weight is 326 g/mol. The first-order valence-corrected chi connectivity index (χ1v) is 8.63. The van der Waals surface area contributed by atoms with E-state index in [0.29, 0.717) is 13.2 Å². The third-order valence-corrected chi connectivity index (χ3v) is 4.35. The van der Waals surface area contributed by atoms with Gasteiger partial charge in [-0.2, -0.15) is 0 Å². The zero-order valence-corrected chi connectivity index (χ0v) is 14.4. The molecule has 0 aromatic rings. The Labute approximate surface area is 138 Å². The van der Waals surface area contributed by atoms with Crippen LogP contribution < -0.4 is 0 Å². The number of aliphatic imine (C=N–C) groups is 2. The quantitative estimate of drug-likeness (QED) is 0.602. The molecule has 23 heavy (non-hydrogen) atoms. The Kier molecular flexibility index (Phi) is 6.41. The summed E-state index contributed by atoms with van der Waals surface area (Å²) in [6, 6.07) is 0. The number of ether oxygens (including phenoxy) is 2. The highest BCUT2D eigenvalue weighted by molar-refractivity contribution is 5.78. The van der Waals surface area contributed by atoms with E-state index >= 15 is 0 Å². The van der Waals surface area contributed by atoms with E-state index in [-0.39, 0.29) is 13.2 Å². The minimum atomic E-state index is -0.430. The molecule has 132 valence electrons. The Morgan fingerprint density at radius 2 is 1.17 bits per heavy atom. The van der Waals surface area contributed by atoms with E-state index in [1.807, 2.05) is 13.8 Å². The van der Waals surface area contributed by atoms with Crippen LogP contribution in [0.4, 0.5) is 0 Å². The van der Waals surface area contributed by atoms with Crippen molar-refractivity contribution in [1.29, 1.82) is 0 Å². The van der Waals surface area contributed by atoms with Crippen LogP contribution in [0.15, 0.2) is 9.98 Å². The van der Waals surface area contributed by atoms with E-state index < -0.39 is 11.1 Å². The molecule has 6 heteroatoms. The van der Waals surface area contributed by atoms with Gasteiger partial charge < -0.3 is 19.7 Å². The summed E-state index contributed by atoms with van der Waals surface area (Å²) in [4.78, 5) is 8.88. The van der Waals surface area contributed by atoms with Crippen LogP contribution in [0.2, 0.25) is 0 Å². The van der Waals surface area contributed by atoms with Crippen molar-refractivity contribution >= 4 is 11.8 Å². The lowest BCUT2D eigenvalue weighted by Gasteiger charge is -2.12. The summed E-state index contributed by atoms with van der Waals surface area (Å²) in [6.07, 6.45) is 7.34. The van der Waals surface area contributed by atoms with Gasteiger partial charge in [0, 0.05) is 12.8 Å². The number of hydrogen-bond acceptors (Lipinski definition) is 6. The topological polar surface area (TPSA) is 83.6 Å². The van der Waals surface area contributed by atoms with E-state index in [1.165, 1.54) is 6.42 Å². The predicted molar refractivity (Wildman–Crippen MR) is 90.1 cm³/mol. The lowest BCUT2D eigenvalue weighted by molar-refractivity contribution is 0.169. The number of unbranched alkanes of at least 4 members (excludes halogenated alkanes) is 4. The molecule has 6 nitrogen and oxygen atoms in total.